The molecule has 3 rings (SSSR count). The highest BCUT2D eigenvalue weighted by Gasteiger charge is 2.07. The van der Waals surface area contributed by atoms with Crippen molar-refractivity contribution in [2.75, 3.05) is 17.2 Å². The Morgan fingerprint density at radius 3 is 2.64 bits per heavy atom. The van der Waals surface area contributed by atoms with Gasteiger partial charge in [-0.15, -0.1) is 0 Å². The summed E-state index contributed by atoms with van der Waals surface area (Å²) in [4.78, 5) is 27.4. The number of rotatable bonds is 5. The van der Waals surface area contributed by atoms with Crippen LogP contribution in [0, 0.1) is 0 Å². The number of anilines is 2. The number of carbonyl (C=O) groups is 2. The van der Waals surface area contributed by atoms with E-state index >= 15 is 0 Å². The van der Waals surface area contributed by atoms with Gasteiger partial charge in [0.2, 0.25) is 5.91 Å². The zero-order chi connectivity index (χ0) is 17.6. The highest BCUT2D eigenvalue weighted by atomic mass is 32.1. The van der Waals surface area contributed by atoms with Gasteiger partial charge in [-0.1, -0.05) is 41.7 Å². The van der Waals surface area contributed by atoms with Crippen LogP contribution >= 0.6 is 11.3 Å². The van der Waals surface area contributed by atoms with Gasteiger partial charge in [0, 0.05) is 19.2 Å². The van der Waals surface area contributed by atoms with Crippen LogP contribution in [0.4, 0.5) is 15.6 Å². The smallest absolute Gasteiger partial charge is 0.319 e. The standard InChI is InChI=1S/C18H18N4O2S/c1-12(23)20-18-22-15-8-7-14(11-16(15)25-18)21-17(24)19-10-9-13-5-3-2-4-6-13/h2-8,11H,9-10H2,1H3,(H2,19,21,24)(H,20,22,23). The molecule has 0 saturated carbocycles. The molecule has 3 amide bonds. The summed E-state index contributed by atoms with van der Waals surface area (Å²) in [7, 11) is 0. The molecular weight excluding hydrogens is 336 g/mol. The number of aromatic nitrogens is 1. The minimum atomic E-state index is -0.248. The second-order valence-corrected chi connectivity index (χ2v) is 6.53. The lowest BCUT2D eigenvalue weighted by Crippen LogP contribution is -2.30. The van der Waals surface area contributed by atoms with E-state index in [1.54, 1.807) is 6.07 Å². The summed E-state index contributed by atoms with van der Waals surface area (Å²) in [6.07, 6.45) is 0.780. The molecule has 0 atom stereocenters. The summed E-state index contributed by atoms with van der Waals surface area (Å²) in [6.45, 7) is 2.00. The Balaban J connectivity index is 1.56. The maximum absolute atomic E-state index is 12.0. The number of nitrogens with zero attached hydrogens (tertiary/aromatic N) is 1. The predicted octanol–water partition coefficient (Wildman–Crippen LogP) is 3.62. The van der Waals surface area contributed by atoms with Crippen LogP contribution in [0.5, 0.6) is 0 Å². The third-order valence-electron chi connectivity index (χ3n) is 3.47. The van der Waals surface area contributed by atoms with E-state index in [2.05, 4.69) is 20.9 Å². The molecule has 0 radical (unpaired) electrons. The average Bonchev–Trinajstić information content (AvgIpc) is 2.96. The van der Waals surface area contributed by atoms with Crippen LogP contribution in [0.2, 0.25) is 0 Å². The van der Waals surface area contributed by atoms with Gasteiger partial charge in [-0.05, 0) is 30.2 Å². The summed E-state index contributed by atoms with van der Waals surface area (Å²) in [5.74, 6) is -0.157. The molecule has 3 aromatic rings. The molecule has 0 saturated heterocycles. The van der Waals surface area contributed by atoms with Gasteiger partial charge in [0.1, 0.15) is 0 Å². The predicted molar refractivity (Wildman–Crippen MR) is 101 cm³/mol. The molecule has 2 aromatic carbocycles. The fourth-order valence-electron chi connectivity index (χ4n) is 2.35. The molecule has 7 heteroatoms. The van der Waals surface area contributed by atoms with Crippen molar-refractivity contribution in [3.63, 3.8) is 0 Å². The van der Waals surface area contributed by atoms with Crippen molar-refractivity contribution >= 4 is 44.3 Å². The van der Waals surface area contributed by atoms with Crippen LogP contribution in [0.15, 0.2) is 48.5 Å². The Morgan fingerprint density at radius 1 is 1.08 bits per heavy atom. The van der Waals surface area contributed by atoms with Gasteiger partial charge in [0.15, 0.2) is 5.13 Å². The first-order valence-corrected chi connectivity index (χ1v) is 8.69. The first-order chi connectivity index (χ1) is 12.1. The second kappa shape index (κ2) is 7.76. The maximum atomic E-state index is 12.0. The number of amides is 3. The van der Waals surface area contributed by atoms with Crippen molar-refractivity contribution in [1.29, 1.82) is 0 Å². The zero-order valence-electron chi connectivity index (χ0n) is 13.7. The number of thiazole rings is 1. The minimum Gasteiger partial charge on any atom is -0.338 e. The van der Waals surface area contributed by atoms with Crippen LogP contribution < -0.4 is 16.0 Å². The number of nitrogens with one attached hydrogen (secondary N) is 3. The van der Waals surface area contributed by atoms with Gasteiger partial charge in [0.25, 0.3) is 0 Å². The Kier molecular flexibility index (Phi) is 5.25. The number of urea groups is 1. The Hall–Kier alpha value is -2.93. The van der Waals surface area contributed by atoms with Crippen LogP contribution in [-0.2, 0) is 11.2 Å². The van der Waals surface area contributed by atoms with Crippen molar-refractivity contribution < 1.29 is 9.59 Å². The minimum absolute atomic E-state index is 0.157. The van der Waals surface area contributed by atoms with Gasteiger partial charge in [-0.25, -0.2) is 9.78 Å². The van der Waals surface area contributed by atoms with E-state index in [0.29, 0.717) is 17.4 Å². The largest absolute Gasteiger partial charge is 0.338 e. The van der Waals surface area contributed by atoms with Crippen molar-refractivity contribution in [3.8, 4) is 0 Å². The van der Waals surface area contributed by atoms with Gasteiger partial charge in [-0.2, -0.15) is 0 Å². The highest BCUT2D eigenvalue weighted by molar-refractivity contribution is 7.22. The first-order valence-electron chi connectivity index (χ1n) is 7.87. The van der Waals surface area contributed by atoms with Crippen molar-refractivity contribution in [3.05, 3.63) is 54.1 Å². The monoisotopic (exact) mass is 354 g/mol. The number of benzene rings is 2. The summed E-state index contributed by atoms with van der Waals surface area (Å²) in [5.41, 5.74) is 2.64. The maximum Gasteiger partial charge on any atom is 0.319 e. The van der Waals surface area contributed by atoms with Crippen LogP contribution in [-0.4, -0.2) is 23.5 Å². The lowest BCUT2D eigenvalue weighted by molar-refractivity contribution is -0.114. The number of fused-ring (bicyclic) bond motifs is 1. The highest BCUT2D eigenvalue weighted by Crippen LogP contribution is 2.28. The number of hydrogen-bond acceptors (Lipinski definition) is 4. The molecule has 1 aromatic heterocycles. The zero-order valence-corrected chi connectivity index (χ0v) is 14.5. The molecule has 0 aliphatic carbocycles. The lowest BCUT2D eigenvalue weighted by Gasteiger charge is -2.07. The summed E-state index contributed by atoms with van der Waals surface area (Å²) in [5, 5.41) is 8.87. The Bertz CT molecular complexity index is 892. The van der Waals surface area contributed by atoms with Crippen LogP contribution in [0.1, 0.15) is 12.5 Å². The average molecular weight is 354 g/mol. The van der Waals surface area contributed by atoms with Gasteiger partial charge in [0.05, 0.1) is 10.2 Å². The fraction of sp³-hybridized carbons (Fsp3) is 0.167. The van der Waals surface area contributed by atoms with Gasteiger partial charge < -0.3 is 16.0 Å². The van der Waals surface area contributed by atoms with E-state index in [1.807, 2.05) is 42.5 Å². The molecule has 0 spiro atoms. The van der Waals surface area contributed by atoms with Crippen molar-refractivity contribution in [2.45, 2.75) is 13.3 Å². The molecule has 128 valence electrons. The molecule has 3 N–H and O–H groups in total. The van der Waals surface area contributed by atoms with E-state index < -0.39 is 0 Å². The fourth-order valence-corrected chi connectivity index (χ4v) is 3.30. The molecule has 0 aliphatic rings. The normalized spacial score (nSPS) is 10.4. The molecule has 0 bridgehead atoms. The Morgan fingerprint density at radius 2 is 1.88 bits per heavy atom. The Labute approximate surface area is 149 Å². The molecule has 25 heavy (non-hydrogen) atoms. The van der Waals surface area contributed by atoms with E-state index in [-0.39, 0.29) is 11.9 Å². The first kappa shape index (κ1) is 16.9. The third-order valence-corrected chi connectivity index (χ3v) is 4.40. The second-order valence-electron chi connectivity index (χ2n) is 5.50. The van der Waals surface area contributed by atoms with Crippen molar-refractivity contribution in [2.24, 2.45) is 0 Å². The lowest BCUT2D eigenvalue weighted by atomic mass is 10.1. The van der Waals surface area contributed by atoms with Crippen molar-refractivity contribution in [1.82, 2.24) is 10.3 Å². The molecule has 6 nitrogen and oxygen atoms in total. The van der Waals surface area contributed by atoms with Crippen LogP contribution in [0.25, 0.3) is 10.2 Å². The van der Waals surface area contributed by atoms with E-state index in [1.165, 1.54) is 23.8 Å². The summed E-state index contributed by atoms with van der Waals surface area (Å²) in [6, 6.07) is 15.2. The third kappa shape index (κ3) is 4.77. The molecular formula is C18H18N4O2S. The molecule has 0 fully saturated rings. The molecule has 0 aliphatic heterocycles. The van der Waals surface area contributed by atoms with Crippen LogP contribution in [0.3, 0.4) is 0 Å². The molecule has 1 heterocycles. The topological polar surface area (TPSA) is 83.1 Å². The van der Waals surface area contributed by atoms with E-state index in [4.69, 9.17) is 0 Å². The number of hydrogen-bond donors (Lipinski definition) is 3. The summed E-state index contributed by atoms with van der Waals surface area (Å²) >= 11 is 1.37. The van der Waals surface area contributed by atoms with E-state index in [9.17, 15) is 9.59 Å². The summed E-state index contributed by atoms with van der Waals surface area (Å²) < 4.78 is 0.894. The SMILES string of the molecule is CC(=O)Nc1nc2ccc(NC(=O)NCCc3ccccc3)cc2s1. The quantitative estimate of drug-likeness (QED) is 0.654. The molecule has 0 unspecified atom stereocenters. The van der Waals surface area contributed by atoms with Gasteiger partial charge >= 0.3 is 6.03 Å². The van der Waals surface area contributed by atoms with Gasteiger partial charge in [-0.3, -0.25) is 4.79 Å². The van der Waals surface area contributed by atoms with E-state index in [0.717, 1.165) is 16.6 Å². The number of carbonyl (C=O) groups excluding carboxylic acids is 2.